The summed E-state index contributed by atoms with van der Waals surface area (Å²) in [7, 11) is 0. The Morgan fingerprint density at radius 1 is 0.934 bits per heavy atom. The smallest absolute Gasteiger partial charge is 0.159 e. The van der Waals surface area contributed by atoms with Crippen LogP contribution in [0.1, 0.15) is 152 Å². The number of benzene rings is 1. The second kappa shape index (κ2) is 13.0. The van der Waals surface area contributed by atoms with Crippen molar-refractivity contribution in [3.05, 3.63) is 45.3 Å². The lowest BCUT2D eigenvalue weighted by Crippen LogP contribution is -2.80. The number of hydrogen-bond donors (Lipinski definition) is 6. The maximum absolute atomic E-state index is 16.3. The number of hydrogen-bond acceptors (Lipinski definition) is 8. The molecule has 3 spiro atoms. The maximum atomic E-state index is 16.3. The van der Waals surface area contributed by atoms with Crippen molar-refractivity contribution in [1.82, 2.24) is 0 Å². The van der Waals surface area contributed by atoms with E-state index in [0.717, 1.165) is 86.5 Å². The number of ketones is 1. The van der Waals surface area contributed by atoms with Crippen LogP contribution in [-0.2, 0) is 4.79 Å². The molecule has 8 heteroatoms. The van der Waals surface area contributed by atoms with Crippen molar-refractivity contribution in [3.63, 3.8) is 0 Å². The molecule has 1 aromatic carbocycles. The zero-order valence-electron chi connectivity index (χ0n) is 36.8. The van der Waals surface area contributed by atoms with Crippen molar-refractivity contribution in [1.29, 1.82) is 0 Å². The third kappa shape index (κ3) is 4.61. The highest BCUT2D eigenvalue weighted by Gasteiger charge is 2.84. The quantitative estimate of drug-likeness (QED) is 0.173. The van der Waals surface area contributed by atoms with E-state index in [9.17, 15) is 35.4 Å². The Hall–Kier alpha value is -2.64. The molecule has 0 amide bonds. The first-order valence-electron chi connectivity index (χ1n) is 24.1. The van der Waals surface area contributed by atoms with Crippen LogP contribution in [0.5, 0.6) is 0 Å². The number of aliphatic hydroxyl groups excluding tert-OH is 5. The van der Waals surface area contributed by atoms with E-state index in [-0.39, 0.29) is 46.2 Å². The van der Waals surface area contributed by atoms with Gasteiger partial charge in [-0.1, -0.05) is 57.3 Å². The second-order valence-electron chi connectivity index (χ2n) is 23.4. The first-order valence-corrected chi connectivity index (χ1v) is 24.1. The predicted octanol–water partition coefficient (Wildman–Crippen LogP) is 5.46. The summed E-state index contributed by atoms with van der Waals surface area (Å²) in [5, 5.41) is 74.3. The van der Waals surface area contributed by atoms with E-state index in [1.54, 1.807) is 13.0 Å². The summed E-state index contributed by atoms with van der Waals surface area (Å²) < 4.78 is 0. The Balaban J connectivity index is 1.19. The normalized spacial score (nSPS) is 50.4. The third-order valence-electron chi connectivity index (χ3n) is 21.7. The van der Waals surface area contributed by atoms with Gasteiger partial charge in [-0.3, -0.25) is 9.59 Å². The minimum Gasteiger partial charge on any atom is -0.394 e. The van der Waals surface area contributed by atoms with Crippen LogP contribution in [0.4, 0.5) is 0 Å². The number of carbonyl (C=O) groups is 2. The summed E-state index contributed by atoms with van der Waals surface area (Å²) in [5.41, 5.74) is -3.23. The number of allylic oxidation sites excluding steroid dienone is 2. The Morgan fingerprint density at radius 2 is 1.69 bits per heavy atom. The highest BCUT2D eigenvalue weighted by atomic mass is 16.3. The molecule has 12 rings (SSSR count). The number of carbonyl (C=O) groups excluding carboxylic acids is 2. The Bertz CT molecular complexity index is 2310. The molecule has 6 N–H and O–H groups in total. The number of aliphatic hydroxyl groups is 6. The summed E-state index contributed by atoms with van der Waals surface area (Å²) in [4.78, 5) is 29.0. The molecule has 17 unspecified atom stereocenters. The van der Waals surface area contributed by atoms with Crippen molar-refractivity contribution in [2.24, 2.45) is 73.4 Å². The van der Waals surface area contributed by atoms with E-state index in [1.165, 1.54) is 0 Å². The van der Waals surface area contributed by atoms with Crippen LogP contribution >= 0.6 is 0 Å². The van der Waals surface area contributed by atoms with Crippen LogP contribution < -0.4 is 10.4 Å². The number of aldehydes is 1. The molecule has 0 aliphatic heterocycles. The average molecular weight is 833 g/mol. The van der Waals surface area contributed by atoms with E-state index in [2.05, 4.69) is 43.9 Å². The van der Waals surface area contributed by atoms with E-state index >= 15 is 4.79 Å². The maximum Gasteiger partial charge on any atom is 0.159 e. The van der Waals surface area contributed by atoms with Gasteiger partial charge in [-0.15, -0.1) is 5.92 Å². The van der Waals surface area contributed by atoms with Gasteiger partial charge in [0, 0.05) is 34.1 Å². The van der Waals surface area contributed by atoms with Gasteiger partial charge in [0.05, 0.1) is 31.0 Å². The van der Waals surface area contributed by atoms with E-state index in [1.807, 2.05) is 13.0 Å². The fourth-order valence-corrected chi connectivity index (χ4v) is 19.7. The molecule has 0 saturated heterocycles. The first kappa shape index (κ1) is 41.1. The van der Waals surface area contributed by atoms with Gasteiger partial charge in [0.2, 0.25) is 0 Å². The zero-order chi connectivity index (χ0) is 42.9. The molecule has 7 fully saturated rings. The molecule has 1 aromatic rings. The van der Waals surface area contributed by atoms with Crippen molar-refractivity contribution >= 4 is 24.2 Å². The van der Waals surface area contributed by atoms with Crippen LogP contribution in [-0.4, -0.2) is 73.2 Å². The van der Waals surface area contributed by atoms with Gasteiger partial charge in [-0.25, -0.2) is 0 Å². The molecule has 0 aromatic heterocycles. The van der Waals surface area contributed by atoms with Gasteiger partial charge in [0.1, 0.15) is 5.60 Å². The Morgan fingerprint density at radius 3 is 2.41 bits per heavy atom. The summed E-state index contributed by atoms with van der Waals surface area (Å²) in [6.07, 6.45) is 16.3. The van der Waals surface area contributed by atoms with Crippen LogP contribution in [0.25, 0.3) is 12.2 Å². The van der Waals surface area contributed by atoms with Crippen LogP contribution in [0, 0.1) is 85.3 Å². The summed E-state index contributed by atoms with van der Waals surface area (Å²) in [5.74, 6) is 5.65. The van der Waals surface area contributed by atoms with Crippen molar-refractivity contribution in [3.8, 4) is 11.8 Å². The average Bonchev–Trinajstić information content (AvgIpc) is 3.69. The van der Waals surface area contributed by atoms with Gasteiger partial charge >= 0.3 is 0 Å². The molecular weight excluding hydrogens is 765 g/mol. The molecular formula is C53H68O8. The minimum atomic E-state index is -1.36. The van der Waals surface area contributed by atoms with Gasteiger partial charge in [-0.2, -0.15) is 0 Å². The molecule has 0 heterocycles. The molecule has 7 saturated carbocycles. The van der Waals surface area contributed by atoms with Crippen molar-refractivity contribution in [2.45, 2.75) is 160 Å². The third-order valence-corrected chi connectivity index (χ3v) is 21.7. The van der Waals surface area contributed by atoms with Gasteiger partial charge in [0.25, 0.3) is 0 Å². The van der Waals surface area contributed by atoms with E-state index in [0.29, 0.717) is 49.7 Å². The molecule has 328 valence electrons. The lowest BCUT2D eigenvalue weighted by Gasteiger charge is -2.79. The van der Waals surface area contributed by atoms with Gasteiger partial charge in [-0.05, 0) is 176 Å². The molecule has 61 heavy (non-hydrogen) atoms. The molecule has 5 bridgehead atoms. The monoisotopic (exact) mass is 832 g/mol. The van der Waals surface area contributed by atoms with Gasteiger partial charge < -0.3 is 30.6 Å². The summed E-state index contributed by atoms with van der Waals surface area (Å²) in [6, 6.07) is 3.78. The molecule has 8 nitrogen and oxygen atoms in total. The second-order valence-corrected chi connectivity index (χ2v) is 23.4. The molecule has 0 radical (unpaired) electrons. The lowest BCUT2D eigenvalue weighted by atomic mass is 9.25. The number of fused-ring (bicyclic) bond motifs is 7. The first-order chi connectivity index (χ1) is 29.0. The predicted molar refractivity (Wildman–Crippen MR) is 230 cm³/mol. The van der Waals surface area contributed by atoms with Crippen molar-refractivity contribution < 1.29 is 40.2 Å². The fourth-order valence-electron chi connectivity index (χ4n) is 19.7. The standard InChI is InChI=1S/C53H68O8/c1-30(56)32-21-33-24-37-31(23-35(33)34(22-32)27-54)9-17-50-18-11-41-47(3,43(59)28-55)42(58)12-20-52(37,41)44(50)40(57)25-38-39-26-46(2)13-5-8-16-51(61)19-10-36(48(38,50)4)45(60)53(39,51)49(29-46)14-6-7-15-49/h21-25,27,30-31,36-37,39,41-45,55-56,58-61H,5-7,9-15,17-20,26,28-29H2,1-4H3. The highest BCUT2D eigenvalue weighted by Crippen LogP contribution is 2.85. The SMILES string of the molecule is CC(O)c1cc(C=O)c2c(c1)=CC1C(C=2)CCC23CCC4C(C)(C(O)CO)C(O)CCC14C2C(=O)C=C1C2CC4(C)CCC#CC5(O)CCC(C(O)C25C2(CCCC2)C4)C13C. The van der Waals surface area contributed by atoms with Crippen molar-refractivity contribution in [2.75, 3.05) is 6.61 Å². The van der Waals surface area contributed by atoms with E-state index in [4.69, 9.17) is 0 Å². The van der Waals surface area contributed by atoms with Crippen LogP contribution in [0.3, 0.4) is 0 Å². The van der Waals surface area contributed by atoms with Crippen LogP contribution in [0.15, 0.2) is 23.8 Å². The number of rotatable bonds is 4. The molecule has 17 atom stereocenters. The van der Waals surface area contributed by atoms with Crippen LogP contribution in [0.2, 0.25) is 0 Å². The highest BCUT2D eigenvalue weighted by molar-refractivity contribution is 5.96. The van der Waals surface area contributed by atoms with Gasteiger partial charge in [0.15, 0.2) is 12.1 Å². The molecule has 11 aliphatic rings. The zero-order valence-corrected chi connectivity index (χ0v) is 36.8. The fraction of sp³-hybridized carbons (Fsp3) is 0.736. The lowest BCUT2D eigenvalue weighted by molar-refractivity contribution is -0.321. The minimum absolute atomic E-state index is 0.0505. The topological polar surface area (TPSA) is 156 Å². The Labute approximate surface area is 361 Å². The summed E-state index contributed by atoms with van der Waals surface area (Å²) in [6.45, 7) is 7.99. The Kier molecular flexibility index (Phi) is 8.76. The molecule has 11 aliphatic carbocycles. The van der Waals surface area contributed by atoms with E-state index < -0.39 is 69.6 Å². The summed E-state index contributed by atoms with van der Waals surface area (Å²) >= 11 is 0. The largest absolute Gasteiger partial charge is 0.394 e.